The van der Waals surface area contributed by atoms with Crippen molar-refractivity contribution < 1.29 is 13.2 Å². The van der Waals surface area contributed by atoms with E-state index in [1.165, 1.54) is 18.4 Å². The van der Waals surface area contributed by atoms with Gasteiger partial charge in [0.15, 0.2) is 9.84 Å². The van der Waals surface area contributed by atoms with Crippen molar-refractivity contribution in [1.29, 1.82) is 0 Å². The summed E-state index contributed by atoms with van der Waals surface area (Å²) in [7, 11) is 0.654. The Bertz CT molecular complexity index is 1280. The van der Waals surface area contributed by atoms with Crippen molar-refractivity contribution in [2.45, 2.75) is 11.4 Å². The van der Waals surface area contributed by atoms with Crippen molar-refractivity contribution >= 4 is 31.4 Å². The second-order valence-electron chi connectivity index (χ2n) is 7.22. The van der Waals surface area contributed by atoms with E-state index < -0.39 is 9.84 Å². The summed E-state index contributed by atoms with van der Waals surface area (Å²) in [6.07, 6.45) is 1.18. The maximum Gasteiger partial charge on any atom is 0.232 e. The highest BCUT2D eigenvalue weighted by Crippen LogP contribution is 2.39. The van der Waals surface area contributed by atoms with Crippen molar-refractivity contribution in [2.75, 3.05) is 20.4 Å². The topological polar surface area (TPSA) is 72.4 Å². The summed E-state index contributed by atoms with van der Waals surface area (Å²) in [4.78, 5) is 12.5. The fourth-order valence-corrected chi connectivity index (χ4v) is 4.66. The molecule has 0 aliphatic carbocycles. The van der Waals surface area contributed by atoms with Gasteiger partial charge < -0.3 is 9.64 Å². The van der Waals surface area contributed by atoms with E-state index in [9.17, 15) is 8.42 Å². The van der Waals surface area contributed by atoms with Gasteiger partial charge in [-0.2, -0.15) is 4.98 Å². The molecule has 0 unspecified atom stereocenters. The molecular weight excluding hydrogens is 418 g/mol. The van der Waals surface area contributed by atoms with E-state index in [-0.39, 0.29) is 4.90 Å². The number of benzene rings is 2. The Morgan fingerprint density at radius 3 is 2.33 bits per heavy atom. The van der Waals surface area contributed by atoms with Gasteiger partial charge in [-0.15, -0.1) is 11.3 Å². The van der Waals surface area contributed by atoms with Crippen LogP contribution in [0.5, 0.6) is 11.6 Å². The number of fused-ring (bicyclic) bond motifs is 1. The molecule has 2 aromatic heterocycles. The average Bonchev–Trinajstić information content (AvgIpc) is 3.12. The molecule has 8 heteroatoms. The van der Waals surface area contributed by atoms with E-state index in [1.807, 2.05) is 49.3 Å². The molecule has 0 saturated heterocycles. The van der Waals surface area contributed by atoms with Gasteiger partial charge in [-0.1, -0.05) is 30.3 Å². The van der Waals surface area contributed by atoms with E-state index in [4.69, 9.17) is 9.72 Å². The summed E-state index contributed by atoms with van der Waals surface area (Å²) in [6.45, 7) is 0.581. The van der Waals surface area contributed by atoms with Gasteiger partial charge in [-0.3, -0.25) is 0 Å². The summed E-state index contributed by atoms with van der Waals surface area (Å²) < 4.78 is 29.6. The molecule has 0 aliphatic heterocycles. The Kier molecular flexibility index (Phi) is 5.55. The molecule has 0 N–H and O–H groups in total. The van der Waals surface area contributed by atoms with Crippen LogP contribution in [0, 0.1) is 0 Å². The fraction of sp³-hybridized carbons (Fsp3) is 0.182. The van der Waals surface area contributed by atoms with Crippen molar-refractivity contribution in [2.24, 2.45) is 0 Å². The van der Waals surface area contributed by atoms with Crippen LogP contribution in [0.3, 0.4) is 0 Å². The van der Waals surface area contributed by atoms with Gasteiger partial charge in [0.1, 0.15) is 16.4 Å². The third-order valence-corrected chi connectivity index (χ3v) is 6.46. The fourth-order valence-electron chi connectivity index (χ4n) is 3.08. The monoisotopic (exact) mass is 439 g/mol. The molecular formula is C22H21N3O3S2. The Balaban J connectivity index is 1.82. The first kappa shape index (κ1) is 20.5. The van der Waals surface area contributed by atoms with Crippen LogP contribution < -0.4 is 4.74 Å². The Labute approximate surface area is 179 Å². The van der Waals surface area contributed by atoms with Gasteiger partial charge in [-0.25, -0.2) is 13.4 Å². The Morgan fingerprint density at radius 2 is 1.70 bits per heavy atom. The molecule has 0 fully saturated rings. The van der Waals surface area contributed by atoms with E-state index in [2.05, 4.69) is 10.4 Å². The minimum atomic E-state index is -3.27. The minimum Gasteiger partial charge on any atom is -0.438 e. The van der Waals surface area contributed by atoms with E-state index >= 15 is 0 Å². The number of rotatable bonds is 6. The van der Waals surface area contributed by atoms with Crippen molar-refractivity contribution in [3.63, 3.8) is 0 Å². The number of aromatic nitrogens is 2. The Hall–Kier alpha value is -2.81. The predicted octanol–water partition coefficient (Wildman–Crippen LogP) is 4.62. The number of nitrogens with zero attached hydrogens (tertiary/aromatic N) is 3. The van der Waals surface area contributed by atoms with E-state index in [0.29, 0.717) is 24.0 Å². The Morgan fingerprint density at radius 1 is 1.00 bits per heavy atom. The standard InChI is InChI=1S/C22H21N3O3S2/c1-25(2)13-19-23-21(28-16-9-11-17(12-10-16)30(3,26)27)20-18(14-29-22(20)24-19)15-7-5-4-6-8-15/h4-12,14H,13H2,1-3H3. The van der Waals surface area contributed by atoms with Crippen LogP contribution in [-0.4, -0.2) is 43.6 Å². The first-order valence-electron chi connectivity index (χ1n) is 9.27. The van der Waals surface area contributed by atoms with Crippen LogP contribution in [0.15, 0.2) is 64.9 Å². The van der Waals surface area contributed by atoms with Crippen LogP contribution >= 0.6 is 11.3 Å². The summed E-state index contributed by atoms with van der Waals surface area (Å²) in [6, 6.07) is 16.4. The first-order chi connectivity index (χ1) is 14.3. The summed E-state index contributed by atoms with van der Waals surface area (Å²) in [5, 5.41) is 2.91. The molecule has 2 aromatic carbocycles. The molecule has 4 aromatic rings. The molecule has 2 heterocycles. The molecule has 0 bridgehead atoms. The zero-order valence-electron chi connectivity index (χ0n) is 16.9. The maximum atomic E-state index is 11.7. The minimum absolute atomic E-state index is 0.247. The summed E-state index contributed by atoms with van der Waals surface area (Å²) >= 11 is 1.55. The molecule has 6 nitrogen and oxygen atoms in total. The van der Waals surface area contributed by atoms with Crippen LogP contribution in [0.25, 0.3) is 21.3 Å². The zero-order valence-corrected chi connectivity index (χ0v) is 18.5. The highest BCUT2D eigenvalue weighted by Gasteiger charge is 2.18. The highest BCUT2D eigenvalue weighted by molar-refractivity contribution is 7.90. The van der Waals surface area contributed by atoms with E-state index in [0.717, 1.165) is 21.3 Å². The average molecular weight is 440 g/mol. The lowest BCUT2D eigenvalue weighted by Crippen LogP contribution is -2.13. The molecule has 30 heavy (non-hydrogen) atoms. The maximum absolute atomic E-state index is 11.7. The normalized spacial score (nSPS) is 11.9. The van der Waals surface area contributed by atoms with Gasteiger partial charge in [0, 0.05) is 17.2 Å². The largest absolute Gasteiger partial charge is 0.438 e. The van der Waals surface area contributed by atoms with Gasteiger partial charge in [0.25, 0.3) is 0 Å². The van der Waals surface area contributed by atoms with Gasteiger partial charge in [-0.05, 0) is 43.9 Å². The van der Waals surface area contributed by atoms with Gasteiger partial charge in [0.2, 0.25) is 5.88 Å². The number of sulfone groups is 1. The third kappa shape index (κ3) is 4.35. The van der Waals surface area contributed by atoms with Crippen LogP contribution in [0.2, 0.25) is 0 Å². The lowest BCUT2D eigenvalue weighted by molar-refractivity contribution is 0.385. The van der Waals surface area contributed by atoms with Gasteiger partial charge in [0.05, 0.1) is 16.8 Å². The number of hydrogen-bond acceptors (Lipinski definition) is 7. The highest BCUT2D eigenvalue weighted by atomic mass is 32.2. The molecule has 4 rings (SSSR count). The molecule has 0 amide bonds. The van der Waals surface area contributed by atoms with Crippen molar-refractivity contribution in [3.8, 4) is 22.8 Å². The zero-order chi connectivity index (χ0) is 21.3. The van der Waals surface area contributed by atoms with Crippen molar-refractivity contribution in [3.05, 3.63) is 65.8 Å². The summed E-state index contributed by atoms with van der Waals surface area (Å²) in [5.41, 5.74) is 2.07. The van der Waals surface area contributed by atoms with Crippen LogP contribution in [-0.2, 0) is 16.4 Å². The number of thiophene rings is 1. The third-order valence-electron chi connectivity index (χ3n) is 4.46. The quantitative estimate of drug-likeness (QED) is 0.437. The van der Waals surface area contributed by atoms with E-state index in [1.54, 1.807) is 23.5 Å². The second kappa shape index (κ2) is 8.14. The molecule has 0 saturated carbocycles. The molecule has 0 radical (unpaired) electrons. The van der Waals surface area contributed by atoms with Crippen molar-refractivity contribution in [1.82, 2.24) is 14.9 Å². The van der Waals surface area contributed by atoms with Crippen LogP contribution in [0.4, 0.5) is 0 Å². The number of ether oxygens (including phenoxy) is 1. The molecule has 0 spiro atoms. The first-order valence-corrected chi connectivity index (χ1v) is 12.0. The second-order valence-corrected chi connectivity index (χ2v) is 10.1. The van der Waals surface area contributed by atoms with Crippen LogP contribution in [0.1, 0.15) is 5.82 Å². The lowest BCUT2D eigenvalue weighted by Gasteiger charge is -2.12. The summed E-state index contributed by atoms with van der Waals surface area (Å²) in [5.74, 6) is 1.64. The molecule has 0 aliphatic rings. The predicted molar refractivity (Wildman–Crippen MR) is 120 cm³/mol. The molecule has 154 valence electrons. The van der Waals surface area contributed by atoms with Gasteiger partial charge >= 0.3 is 0 Å². The smallest absolute Gasteiger partial charge is 0.232 e. The SMILES string of the molecule is CN(C)Cc1nc(Oc2ccc(S(C)(=O)=O)cc2)c2c(-c3ccccc3)csc2n1. The number of hydrogen-bond donors (Lipinski definition) is 0. The lowest BCUT2D eigenvalue weighted by atomic mass is 10.1. The molecule has 0 atom stereocenters.